The summed E-state index contributed by atoms with van der Waals surface area (Å²) in [5.74, 6) is 0.703. The van der Waals surface area contributed by atoms with E-state index >= 15 is 0 Å². The summed E-state index contributed by atoms with van der Waals surface area (Å²) in [4.78, 5) is 27.7. The molecule has 0 atom stereocenters. The van der Waals surface area contributed by atoms with Gasteiger partial charge in [-0.3, -0.25) is 4.79 Å². The molecule has 1 aromatic rings. The fourth-order valence-electron chi connectivity index (χ4n) is 3.58. The summed E-state index contributed by atoms with van der Waals surface area (Å²) < 4.78 is 4.89. The zero-order chi connectivity index (χ0) is 16.4. The minimum absolute atomic E-state index is 0.109. The van der Waals surface area contributed by atoms with Gasteiger partial charge < -0.3 is 9.64 Å². The standard InChI is InChI=1S/C18H25NO3S/c1-12-6-8-13(9-7-12)17(20)19(14-4-3-5-14)15-10-11-23-16(15)18(21)22-2/h10-14H,3-9H2,1-2H3/t12-,13-. The monoisotopic (exact) mass is 335 g/mol. The molecule has 1 aromatic heterocycles. The molecule has 3 rings (SSSR count). The SMILES string of the molecule is COC(=O)c1sccc1N(C(=O)[C@H]1CC[C@H](C)CC1)C1CCC1. The normalized spacial score (nSPS) is 24.8. The maximum atomic E-state index is 13.2. The van der Waals surface area contributed by atoms with E-state index < -0.39 is 0 Å². The lowest BCUT2D eigenvalue weighted by atomic mass is 9.81. The van der Waals surface area contributed by atoms with Crippen molar-refractivity contribution >= 4 is 28.9 Å². The smallest absolute Gasteiger partial charge is 0.350 e. The van der Waals surface area contributed by atoms with Crippen LogP contribution in [-0.4, -0.2) is 25.0 Å². The third-order valence-electron chi connectivity index (χ3n) is 5.32. The fourth-order valence-corrected chi connectivity index (χ4v) is 4.38. The lowest BCUT2D eigenvalue weighted by Crippen LogP contribution is -2.48. The molecule has 1 amide bonds. The number of carbonyl (C=O) groups is 2. The van der Waals surface area contributed by atoms with Crippen LogP contribution in [0.5, 0.6) is 0 Å². The van der Waals surface area contributed by atoms with Gasteiger partial charge in [-0.25, -0.2) is 4.79 Å². The average Bonchev–Trinajstić information content (AvgIpc) is 2.99. The van der Waals surface area contributed by atoms with Crippen LogP contribution in [0.1, 0.15) is 61.5 Å². The van der Waals surface area contributed by atoms with Gasteiger partial charge in [0.15, 0.2) is 0 Å². The Labute approximate surface area is 141 Å². The molecule has 0 aliphatic heterocycles. The van der Waals surface area contributed by atoms with Crippen molar-refractivity contribution in [1.29, 1.82) is 0 Å². The van der Waals surface area contributed by atoms with Crippen LogP contribution in [0.4, 0.5) is 5.69 Å². The summed E-state index contributed by atoms with van der Waals surface area (Å²) >= 11 is 1.36. The molecule has 2 aliphatic rings. The van der Waals surface area contributed by atoms with Crippen molar-refractivity contribution in [2.45, 2.75) is 57.9 Å². The molecule has 2 saturated carbocycles. The van der Waals surface area contributed by atoms with Crippen LogP contribution in [0.25, 0.3) is 0 Å². The van der Waals surface area contributed by atoms with Crippen LogP contribution in [0.3, 0.4) is 0 Å². The number of anilines is 1. The maximum absolute atomic E-state index is 13.2. The number of esters is 1. The van der Waals surface area contributed by atoms with Gasteiger partial charge in [0.05, 0.1) is 12.8 Å². The molecule has 4 nitrogen and oxygen atoms in total. The Kier molecular flexibility index (Phi) is 5.05. The number of thiophene rings is 1. The van der Waals surface area contributed by atoms with E-state index in [0.29, 0.717) is 4.88 Å². The Morgan fingerprint density at radius 1 is 1.17 bits per heavy atom. The van der Waals surface area contributed by atoms with Crippen molar-refractivity contribution in [2.24, 2.45) is 11.8 Å². The Morgan fingerprint density at radius 3 is 2.43 bits per heavy atom. The molecule has 5 heteroatoms. The van der Waals surface area contributed by atoms with E-state index in [9.17, 15) is 9.59 Å². The Morgan fingerprint density at radius 2 is 1.87 bits per heavy atom. The highest BCUT2D eigenvalue weighted by atomic mass is 32.1. The zero-order valence-electron chi connectivity index (χ0n) is 13.9. The second kappa shape index (κ2) is 7.04. The fraction of sp³-hybridized carbons (Fsp3) is 0.667. The minimum atomic E-state index is -0.343. The summed E-state index contributed by atoms with van der Waals surface area (Å²) in [6, 6.07) is 2.15. The number of nitrogens with zero attached hydrogens (tertiary/aromatic N) is 1. The third-order valence-corrected chi connectivity index (χ3v) is 6.20. The molecule has 0 N–H and O–H groups in total. The van der Waals surface area contributed by atoms with Crippen molar-refractivity contribution in [3.8, 4) is 0 Å². The van der Waals surface area contributed by atoms with Crippen LogP contribution in [0, 0.1) is 11.8 Å². The molecule has 1 heterocycles. The predicted molar refractivity (Wildman–Crippen MR) is 91.9 cm³/mol. The third kappa shape index (κ3) is 3.30. The summed E-state index contributed by atoms with van der Waals surface area (Å²) in [7, 11) is 1.39. The second-order valence-corrected chi connectivity index (χ2v) is 7.79. The van der Waals surface area contributed by atoms with Crippen molar-refractivity contribution in [1.82, 2.24) is 0 Å². The van der Waals surface area contributed by atoms with Gasteiger partial charge in [0, 0.05) is 12.0 Å². The lowest BCUT2D eigenvalue weighted by Gasteiger charge is -2.40. The van der Waals surface area contributed by atoms with E-state index in [0.717, 1.165) is 56.6 Å². The van der Waals surface area contributed by atoms with E-state index in [4.69, 9.17) is 4.74 Å². The van der Waals surface area contributed by atoms with Gasteiger partial charge in [-0.15, -0.1) is 11.3 Å². The second-order valence-electron chi connectivity index (χ2n) is 6.88. The molecule has 0 radical (unpaired) electrons. The number of ether oxygens (including phenoxy) is 1. The minimum Gasteiger partial charge on any atom is -0.465 e. The number of amides is 1. The molecule has 2 fully saturated rings. The van der Waals surface area contributed by atoms with Crippen LogP contribution >= 0.6 is 11.3 Å². The molecule has 0 bridgehead atoms. The van der Waals surface area contributed by atoms with Crippen molar-refractivity contribution in [2.75, 3.05) is 12.0 Å². The van der Waals surface area contributed by atoms with Crippen LogP contribution in [0.15, 0.2) is 11.4 Å². The van der Waals surface area contributed by atoms with E-state index in [2.05, 4.69) is 6.92 Å². The molecule has 2 aliphatic carbocycles. The zero-order valence-corrected chi connectivity index (χ0v) is 14.7. The highest BCUT2D eigenvalue weighted by Crippen LogP contribution is 2.38. The van der Waals surface area contributed by atoms with E-state index in [1.807, 2.05) is 16.3 Å². The Hall–Kier alpha value is -1.36. The maximum Gasteiger partial charge on any atom is 0.350 e. The molecular weight excluding hydrogens is 310 g/mol. The Balaban J connectivity index is 1.85. The first kappa shape index (κ1) is 16.5. The topological polar surface area (TPSA) is 46.6 Å². The molecule has 23 heavy (non-hydrogen) atoms. The first-order valence-corrected chi connectivity index (χ1v) is 9.48. The molecule has 0 saturated heterocycles. The summed E-state index contributed by atoms with van der Waals surface area (Å²) in [6.45, 7) is 2.26. The molecule has 0 unspecified atom stereocenters. The number of rotatable bonds is 4. The van der Waals surface area contributed by atoms with Crippen LogP contribution < -0.4 is 4.90 Å². The van der Waals surface area contributed by atoms with Crippen LogP contribution in [0.2, 0.25) is 0 Å². The van der Waals surface area contributed by atoms with E-state index in [-0.39, 0.29) is 23.8 Å². The van der Waals surface area contributed by atoms with E-state index in [1.165, 1.54) is 18.4 Å². The number of hydrogen-bond donors (Lipinski definition) is 0. The molecule has 0 aromatic carbocycles. The highest BCUT2D eigenvalue weighted by molar-refractivity contribution is 7.12. The first-order chi connectivity index (χ1) is 11.1. The van der Waals surface area contributed by atoms with Gasteiger partial charge in [-0.1, -0.05) is 6.92 Å². The van der Waals surface area contributed by atoms with Crippen molar-refractivity contribution in [3.05, 3.63) is 16.3 Å². The number of hydrogen-bond acceptors (Lipinski definition) is 4. The molecule has 126 valence electrons. The quantitative estimate of drug-likeness (QED) is 0.773. The van der Waals surface area contributed by atoms with E-state index in [1.54, 1.807) is 0 Å². The summed E-state index contributed by atoms with van der Waals surface area (Å²) in [6.07, 6.45) is 7.43. The highest BCUT2D eigenvalue weighted by Gasteiger charge is 2.37. The van der Waals surface area contributed by atoms with Crippen molar-refractivity contribution in [3.63, 3.8) is 0 Å². The number of carbonyl (C=O) groups excluding carboxylic acids is 2. The average molecular weight is 335 g/mol. The predicted octanol–water partition coefficient (Wildman–Crippen LogP) is 4.25. The van der Waals surface area contributed by atoms with Gasteiger partial charge in [0.2, 0.25) is 5.91 Å². The summed E-state index contributed by atoms with van der Waals surface area (Å²) in [5, 5.41) is 1.88. The van der Waals surface area contributed by atoms with Gasteiger partial charge in [-0.2, -0.15) is 0 Å². The largest absolute Gasteiger partial charge is 0.465 e. The van der Waals surface area contributed by atoms with Gasteiger partial charge in [0.1, 0.15) is 4.88 Å². The Bertz CT molecular complexity index is 571. The number of methoxy groups -OCH3 is 1. The van der Waals surface area contributed by atoms with Crippen molar-refractivity contribution < 1.29 is 14.3 Å². The lowest BCUT2D eigenvalue weighted by molar-refractivity contribution is -0.124. The molecule has 0 spiro atoms. The van der Waals surface area contributed by atoms with Gasteiger partial charge in [0.25, 0.3) is 0 Å². The summed E-state index contributed by atoms with van der Waals surface area (Å²) in [5.41, 5.74) is 0.759. The van der Waals surface area contributed by atoms with Gasteiger partial charge >= 0.3 is 5.97 Å². The van der Waals surface area contributed by atoms with Gasteiger partial charge in [-0.05, 0) is 62.3 Å². The molecular formula is C18H25NO3S. The first-order valence-electron chi connectivity index (χ1n) is 8.60. The van der Waals surface area contributed by atoms with Crippen LogP contribution in [-0.2, 0) is 9.53 Å².